The predicted molar refractivity (Wildman–Crippen MR) is 118 cm³/mol. The molecule has 0 aliphatic rings. The van der Waals surface area contributed by atoms with Gasteiger partial charge in [-0.1, -0.05) is 43.2 Å². The molecule has 0 amide bonds. The Hall–Kier alpha value is -2.93. The number of H-pyrrole nitrogens is 1. The van der Waals surface area contributed by atoms with Gasteiger partial charge in [0, 0.05) is 6.42 Å². The molecule has 3 aromatic rings. The summed E-state index contributed by atoms with van der Waals surface area (Å²) in [5.74, 6) is 2.18. The zero-order valence-corrected chi connectivity index (χ0v) is 17.8. The number of nitrogens with zero attached hydrogens (tertiary/aromatic N) is 3. The van der Waals surface area contributed by atoms with Gasteiger partial charge in [0.25, 0.3) is 0 Å². The average Bonchev–Trinajstić information content (AvgIpc) is 3.09. The molecule has 0 aliphatic carbocycles. The van der Waals surface area contributed by atoms with Crippen molar-refractivity contribution >= 4 is 18.4 Å². The normalized spacial score (nSPS) is 11.1. The molecular formula is C22H26N4O2S. The second-order valence-corrected chi connectivity index (χ2v) is 7.18. The molecular weight excluding hydrogens is 384 g/mol. The van der Waals surface area contributed by atoms with Gasteiger partial charge in [0.2, 0.25) is 4.77 Å². The average molecular weight is 411 g/mol. The lowest BCUT2D eigenvalue weighted by Gasteiger charge is -2.11. The van der Waals surface area contributed by atoms with Crippen molar-refractivity contribution in [3.63, 3.8) is 0 Å². The van der Waals surface area contributed by atoms with Gasteiger partial charge < -0.3 is 9.47 Å². The van der Waals surface area contributed by atoms with Crippen molar-refractivity contribution in [2.75, 3.05) is 7.11 Å². The molecule has 1 heterocycles. The summed E-state index contributed by atoms with van der Waals surface area (Å²) < 4.78 is 13.6. The van der Waals surface area contributed by atoms with Crippen LogP contribution in [-0.4, -0.2) is 28.2 Å². The van der Waals surface area contributed by atoms with Gasteiger partial charge in [-0.05, 0) is 54.9 Å². The standard InChI is InChI=1S/C22H26N4O2S/c1-4-5-6-21-24-25-22(29)26(21)23-14-18-11-12-19(27-3)20(13-18)28-15-17-9-7-16(2)8-10-17/h7-14H,4-6,15H2,1-3H3,(H,25,29)/b23-14-. The van der Waals surface area contributed by atoms with Crippen LogP contribution < -0.4 is 9.47 Å². The number of unbranched alkanes of at least 4 members (excludes halogenated alkanes) is 1. The van der Waals surface area contributed by atoms with E-state index in [-0.39, 0.29) is 0 Å². The Bertz CT molecular complexity index is 1020. The SMILES string of the molecule is CCCCc1n[nH]c(=S)n1/N=C\c1ccc(OC)c(OCc2ccc(C)cc2)c1. The van der Waals surface area contributed by atoms with Gasteiger partial charge in [0.15, 0.2) is 17.3 Å². The lowest BCUT2D eigenvalue weighted by molar-refractivity contribution is 0.284. The Balaban J connectivity index is 1.78. The topological polar surface area (TPSA) is 64.4 Å². The highest BCUT2D eigenvalue weighted by Crippen LogP contribution is 2.28. The summed E-state index contributed by atoms with van der Waals surface area (Å²) in [6, 6.07) is 14.0. The van der Waals surface area contributed by atoms with Crippen LogP contribution in [0.4, 0.5) is 0 Å². The monoisotopic (exact) mass is 410 g/mol. The molecule has 3 rings (SSSR count). The van der Waals surface area contributed by atoms with Gasteiger partial charge >= 0.3 is 0 Å². The van der Waals surface area contributed by atoms with Gasteiger partial charge in [-0.2, -0.15) is 14.9 Å². The first kappa shape index (κ1) is 20.8. The van der Waals surface area contributed by atoms with Crippen molar-refractivity contribution in [2.24, 2.45) is 5.10 Å². The summed E-state index contributed by atoms with van der Waals surface area (Å²) in [4.78, 5) is 0. The number of benzene rings is 2. The second kappa shape index (κ2) is 10.0. The van der Waals surface area contributed by atoms with Crippen LogP contribution >= 0.6 is 12.2 Å². The van der Waals surface area contributed by atoms with Crippen LogP contribution in [0.2, 0.25) is 0 Å². The van der Waals surface area contributed by atoms with E-state index in [1.54, 1.807) is 18.0 Å². The van der Waals surface area contributed by atoms with E-state index < -0.39 is 0 Å². The molecule has 0 saturated carbocycles. The number of aryl methyl sites for hydroxylation is 2. The van der Waals surface area contributed by atoms with Crippen LogP contribution in [0.5, 0.6) is 11.5 Å². The molecule has 1 aromatic heterocycles. The van der Waals surface area contributed by atoms with Crippen LogP contribution in [0.15, 0.2) is 47.6 Å². The van der Waals surface area contributed by atoms with E-state index >= 15 is 0 Å². The minimum atomic E-state index is 0.463. The number of methoxy groups -OCH3 is 1. The molecule has 152 valence electrons. The molecule has 1 N–H and O–H groups in total. The molecule has 0 saturated heterocycles. The molecule has 0 fully saturated rings. The highest BCUT2D eigenvalue weighted by atomic mass is 32.1. The Morgan fingerprint density at radius 3 is 2.69 bits per heavy atom. The first-order valence-electron chi connectivity index (χ1n) is 9.67. The van der Waals surface area contributed by atoms with E-state index in [1.165, 1.54) is 5.56 Å². The number of hydrogen-bond donors (Lipinski definition) is 1. The third-order valence-electron chi connectivity index (χ3n) is 4.50. The molecule has 0 bridgehead atoms. The lowest BCUT2D eigenvalue weighted by Crippen LogP contribution is -2.00. The summed E-state index contributed by atoms with van der Waals surface area (Å²) in [6.07, 6.45) is 4.70. The van der Waals surface area contributed by atoms with Crippen LogP contribution in [0.1, 0.15) is 42.3 Å². The second-order valence-electron chi connectivity index (χ2n) is 6.79. The van der Waals surface area contributed by atoms with Crippen molar-refractivity contribution in [3.8, 4) is 11.5 Å². The summed E-state index contributed by atoms with van der Waals surface area (Å²) in [7, 11) is 1.63. The molecule has 7 heteroatoms. The van der Waals surface area contributed by atoms with Crippen molar-refractivity contribution < 1.29 is 9.47 Å². The molecule has 6 nitrogen and oxygen atoms in total. The third-order valence-corrected chi connectivity index (χ3v) is 4.76. The van der Waals surface area contributed by atoms with E-state index in [0.29, 0.717) is 22.9 Å². The first-order chi connectivity index (χ1) is 14.1. The van der Waals surface area contributed by atoms with E-state index in [2.05, 4.69) is 53.4 Å². The van der Waals surface area contributed by atoms with Crippen molar-refractivity contribution in [2.45, 2.75) is 39.7 Å². The Kier molecular flexibility index (Phi) is 7.19. The zero-order valence-electron chi connectivity index (χ0n) is 17.0. The van der Waals surface area contributed by atoms with Crippen molar-refractivity contribution in [1.82, 2.24) is 14.9 Å². The summed E-state index contributed by atoms with van der Waals surface area (Å²) >= 11 is 5.30. The number of hydrogen-bond acceptors (Lipinski definition) is 5. The van der Waals surface area contributed by atoms with Crippen LogP contribution in [0.25, 0.3) is 0 Å². The maximum Gasteiger partial charge on any atom is 0.216 e. The molecule has 0 aliphatic heterocycles. The van der Waals surface area contributed by atoms with Crippen molar-refractivity contribution in [1.29, 1.82) is 0 Å². The minimum Gasteiger partial charge on any atom is -0.493 e. The molecule has 0 radical (unpaired) electrons. The van der Waals surface area contributed by atoms with E-state index in [1.807, 2.05) is 18.2 Å². The number of nitrogens with one attached hydrogen (secondary N) is 1. The molecule has 0 unspecified atom stereocenters. The van der Waals surface area contributed by atoms with E-state index in [0.717, 1.165) is 36.2 Å². The van der Waals surface area contributed by atoms with Crippen molar-refractivity contribution in [3.05, 3.63) is 69.8 Å². The van der Waals surface area contributed by atoms with E-state index in [4.69, 9.17) is 21.7 Å². The fourth-order valence-electron chi connectivity index (χ4n) is 2.80. The van der Waals surface area contributed by atoms with Gasteiger partial charge in [-0.3, -0.25) is 5.10 Å². The zero-order chi connectivity index (χ0) is 20.6. The molecule has 2 aromatic carbocycles. The Morgan fingerprint density at radius 1 is 1.17 bits per heavy atom. The summed E-state index contributed by atoms with van der Waals surface area (Å²) in [5, 5.41) is 11.6. The highest BCUT2D eigenvalue weighted by molar-refractivity contribution is 7.71. The Labute approximate surface area is 176 Å². The summed E-state index contributed by atoms with van der Waals surface area (Å²) in [5.41, 5.74) is 3.21. The predicted octanol–water partition coefficient (Wildman–Crippen LogP) is 5.06. The maximum absolute atomic E-state index is 6.00. The minimum absolute atomic E-state index is 0.463. The number of aromatic amines is 1. The summed E-state index contributed by atoms with van der Waals surface area (Å²) in [6.45, 7) is 4.67. The third kappa shape index (κ3) is 5.54. The number of ether oxygens (including phenoxy) is 2. The smallest absolute Gasteiger partial charge is 0.216 e. The number of aromatic nitrogens is 3. The molecule has 0 atom stereocenters. The van der Waals surface area contributed by atoms with E-state index in [9.17, 15) is 0 Å². The van der Waals surface area contributed by atoms with Gasteiger partial charge in [-0.25, -0.2) is 0 Å². The highest BCUT2D eigenvalue weighted by Gasteiger charge is 2.07. The van der Waals surface area contributed by atoms with Crippen LogP contribution in [0, 0.1) is 11.7 Å². The van der Waals surface area contributed by atoms with Crippen LogP contribution in [-0.2, 0) is 13.0 Å². The maximum atomic E-state index is 6.00. The fourth-order valence-corrected chi connectivity index (χ4v) is 2.99. The van der Waals surface area contributed by atoms with Crippen LogP contribution in [0.3, 0.4) is 0 Å². The molecule has 29 heavy (non-hydrogen) atoms. The lowest BCUT2D eigenvalue weighted by atomic mass is 10.1. The molecule has 0 spiro atoms. The van der Waals surface area contributed by atoms with Gasteiger partial charge in [0.1, 0.15) is 6.61 Å². The largest absolute Gasteiger partial charge is 0.493 e. The first-order valence-corrected chi connectivity index (χ1v) is 10.1. The van der Waals surface area contributed by atoms with Gasteiger partial charge in [0.05, 0.1) is 13.3 Å². The van der Waals surface area contributed by atoms with Gasteiger partial charge in [-0.15, -0.1) is 0 Å². The fraction of sp³-hybridized carbons (Fsp3) is 0.318. The number of rotatable bonds is 9. The quantitative estimate of drug-likeness (QED) is 0.395. The Morgan fingerprint density at radius 2 is 1.97 bits per heavy atom.